The van der Waals surface area contributed by atoms with Crippen molar-refractivity contribution in [1.29, 1.82) is 0 Å². The number of nitrogens with zero attached hydrogens (tertiary/aromatic N) is 2. The van der Waals surface area contributed by atoms with Crippen LogP contribution < -0.4 is 10.2 Å². The minimum Gasteiger partial charge on any atom is -0.462 e. The van der Waals surface area contributed by atoms with Gasteiger partial charge in [-0.15, -0.1) is 0 Å². The van der Waals surface area contributed by atoms with Crippen LogP contribution in [0.4, 0.5) is 11.4 Å². The number of ether oxygens (including phenoxy) is 2. The minimum atomic E-state index is -0.378. The molecular formula is C27H29N3O4. The molecule has 7 nitrogen and oxygen atoms in total. The molecule has 2 aromatic carbocycles. The first kappa shape index (κ1) is 23.4. The third kappa shape index (κ3) is 4.94. The number of nitrogens with one attached hydrogen (secondary N) is 1. The van der Waals surface area contributed by atoms with Crippen LogP contribution in [0.3, 0.4) is 0 Å². The van der Waals surface area contributed by atoms with E-state index in [2.05, 4.69) is 15.2 Å². The molecule has 1 saturated heterocycles. The van der Waals surface area contributed by atoms with Crippen LogP contribution >= 0.6 is 0 Å². The average Bonchev–Trinajstić information content (AvgIpc) is 2.86. The van der Waals surface area contributed by atoms with E-state index < -0.39 is 0 Å². The molecule has 7 heteroatoms. The van der Waals surface area contributed by atoms with Gasteiger partial charge < -0.3 is 19.7 Å². The van der Waals surface area contributed by atoms with Gasteiger partial charge in [0.05, 0.1) is 36.6 Å². The standard InChI is InChI=1S/C27H29N3O4/c1-4-34-27(32)22-8-7-21(17-23(22)30-13-15-33-16-14-30)29-26(31)25-19(3)6-5-18(2)24(25)20-9-11-28-12-10-20/h5-12,17H,4,13-16H2,1-3H3,(H,29,31). The van der Waals surface area contributed by atoms with Crippen LogP contribution in [0.5, 0.6) is 0 Å². The first-order valence-electron chi connectivity index (χ1n) is 11.5. The predicted octanol–water partition coefficient (Wildman–Crippen LogP) is 4.63. The molecule has 34 heavy (non-hydrogen) atoms. The molecule has 1 aliphatic rings. The fraction of sp³-hybridized carbons (Fsp3) is 0.296. The van der Waals surface area contributed by atoms with E-state index in [1.54, 1.807) is 31.5 Å². The molecule has 1 aliphatic heterocycles. The summed E-state index contributed by atoms with van der Waals surface area (Å²) in [6.07, 6.45) is 3.45. The number of morpholine rings is 1. The normalized spacial score (nSPS) is 13.4. The van der Waals surface area contributed by atoms with Crippen molar-refractivity contribution in [1.82, 2.24) is 4.98 Å². The Bertz CT molecular complexity index is 1190. The maximum atomic E-state index is 13.5. The molecular weight excluding hydrogens is 430 g/mol. The van der Waals surface area contributed by atoms with Crippen LogP contribution in [0.1, 0.15) is 38.8 Å². The van der Waals surface area contributed by atoms with E-state index in [4.69, 9.17) is 9.47 Å². The Morgan fingerprint density at radius 2 is 1.74 bits per heavy atom. The second kappa shape index (κ2) is 10.5. The van der Waals surface area contributed by atoms with Gasteiger partial charge in [0.1, 0.15) is 0 Å². The Labute approximate surface area is 199 Å². The molecule has 0 radical (unpaired) electrons. The lowest BCUT2D eigenvalue weighted by atomic mass is 9.91. The monoisotopic (exact) mass is 459 g/mol. The van der Waals surface area contributed by atoms with E-state index in [1.165, 1.54) is 0 Å². The van der Waals surface area contributed by atoms with E-state index in [0.717, 1.165) is 27.9 Å². The molecule has 0 aliphatic carbocycles. The van der Waals surface area contributed by atoms with Gasteiger partial charge in [0, 0.05) is 31.2 Å². The van der Waals surface area contributed by atoms with Crippen molar-refractivity contribution < 1.29 is 19.1 Å². The molecule has 0 bridgehead atoms. The topological polar surface area (TPSA) is 80.8 Å². The molecule has 4 rings (SSSR count). The molecule has 0 unspecified atom stereocenters. The van der Waals surface area contributed by atoms with Crippen molar-refractivity contribution in [3.8, 4) is 11.1 Å². The van der Waals surface area contributed by atoms with Crippen LogP contribution in [0.2, 0.25) is 0 Å². The number of hydrogen-bond donors (Lipinski definition) is 1. The maximum Gasteiger partial charge on any atom is 0.340 e. The molecule has 1 aromatic heterocycles. The fourth-order valence-corrected chi connectivity index (χ4v) is 4.24. The fourth-order valence-electron chi connectivity index (χ4n) is 4.24. The highest BCUT2D eigenvalue weighted by Crippen LogP contribution is 2.31. The molecule has 1 N–H and O–H groups in total. The molecule has 0 atom stereocenters. The molecule has 0 spiro atoms. The second-order valence-corrected chi connectivity index (χ2v) is 8.19. The van der Waals surface area contributed by atoms with Crippen molar-refractivity contribution in [3.05, 3.63) is 77.1 Å². The average molecular weight is 460 g/mol. The lowest BCUT2D eigenvalue weighted by molar-refractivity contribution is 0.0526. The Morgan fingerprint density at radius 1 is 1.03 bits per heavy atom. The molecule has 176 valence electrons. The molecule has 0 saturated carbocycles. The van der Waals surface area contributed by atoms with Crippen molar-refractivity contribution in [3.63, 3.8) is 0 Å². The third-order valence-electron chi connectivity index (χ3n) is 5.92. The predicted molar refractivity (Wildman–Crippen MR) is 133 cm³/mol. The van der Waals surface area contributed by atoms with Gasteiger partial charge in [0.15, 0.2) is 0 Å². The lowest BCUT2D eigenvalue weighted by Gasteiger charge is -2.30. The van der Waals surface area contributed by atoms with Gasteiger partial charge in [-0.2, -0.15) is 0 Å². The van der Waals surface area contributed by atoms with Crippen LogP contribution in [0.25, 0.3) is 11.1 Å². The smallest absolute Gasteiger partial charge is 0.340 e. The minimum absolute atomic E-state index is 0.204. The number of esters is 1. The quantitative estimate of drug-likeness (QED) is 0.542. The molecule has 1 fully saturated rings. The lowest BCUT2D eigenvalue weighted by Crippen LogP contribution is -2.37. The van der Waals surface area contributed by atoms with Crippen molar-refractivity contribution in [2.45, 2.75) is 20.8 Å². The molecule has 1 amide bonds. The number of rotatable bonds is 6. The first-order valence-corrected chi connectivity index (χ1v) is 11.5. The van der Waals surface area contributed by atoms with Gasteiger partial charge in [0.25, 0.3) is 5.91 Å². The third-order valence-corrected chi connectivity index (χ3v) is 5.92. The number of anilines is 2. The maximum absolute atomic E-state index is 13.5. The summed E-state index contributed by atoms with van der Waals surface area (Å²) in [6, 6.07) is 13.1. The number of amides is 1. The number of aromatic nitrogens is 1. The van der Waals surface area contributed by atoms with Gasteiger partial charge in [0.2, 0.25) is 0 Å². The highest BCUT2D eigenvalue weighted by molar-refractivity contribution is 6.10. The van der Waals surface area contributed by atoms with Gasteiger partial charge in [-0.3, -0.25) is 9.78 Å². The zero-order chi connectivity index (χ0) is 24.1. The van der Waals surface area contributed by atoms with Crippen LogP contribution in [0, 0.1) is 13.8 Å². The van der Waals surface area contributed by atoms with Gasteiger partial charge >= 0.3 is 5.97 Å². The summed E-state index contributed by atoms with van der Waals surface area (Å²) in [5.41, 5.74) is 6.15. The largest absolute Gasteiger partial charge is 0.462 e. The highest BCUT2D eigenvalue weighted by atomic mass is 16.5. The zero-order valence-electron chi connectivity index (χ0n) is 19.8. The van der Waals surface area contributed by atoms with Crippen LogP contribution in [-0.4, -0.2) is 49.8 Å². The number of aryl methyl sites for hydroxylation is 2. The van der Waals surface area contributed by atoms with Gasteiger partial charge in [-0.25, -0.2) is 4.79 Å². The Balaban J connectivity index is 1.70. The van der Waals surface area contributed by atoms with E-state index in [-0.39, 0.29) is 11.9 Å². The highest BCUT2D eigenvalue weighted by Gasteiger charge is 2.22. The van der Waals surface area contributed by atoms with E-state index in [0.29, 0.717) is 49.7 Å². The summed E-state index contributed by atoms with van der Waals surface area (Å²) >= 11 is 0. The summed E-state index contributed by atoms with van der Waals surface area (Å²) in [5.74, 6) is -0.582. The Morgan fingerprint density at radius 3 is 2.44 bits per heavy atom. The van der Waals surface area contributed by atoms with E-state index in [1.807, 2.05) is 44.2 Å². The van der Waals surface area contributed by atoms with Crippen molar-refractivity contribution >= 4 is 23.3 Å². The Hall–Kier alpha value is -3.71. The second-order valence-electron chi connectivity index (χ2n) is 8.19. The molecule has 3 aromatic rings. The zero-order valence-corrected chi connectivity index (χ0v) is 19.8. The number of carbonyl (C=O) groups excluding carboxylic acids is 2. The number of benzene rings is 2. The summed E-state index contributed by atoms with van der Waals surface area (Å²) in [4.78, 5) is 32.3. The SMILES string of the molecule is CCOC(=O)c1ccc(NC(=O)c2c(C)ccc(C)c2-c2ccncc2)cc1N1CCOCC1. The van der Waals surface area contributed by atoms with Gasteiger partial charge in [-0.1, -0.05) is 12.1 Å². The Kier molecular flexibility index (Phi) is 7.23. The van der Waals surface area contributed by atoms with Crippen molar-refractivity contribution in [2.75, 3.05) is 43.1 Å². The van der Waals surface area contributed by atoms with Crippen molar-refractivity contribution in [2.24, 2.45) is 0 Å². The summed E-state index contributed by atoms with van der Waals surface area (Å²) < 4.78 is 10.7. The first-order chi connectivity index (χ1) is 16.5. The summed E-state index contributed by atoms with van der Waals surface area (Å²) in [7, 11) is 0. The summed E-state index contributed by atoms with van der Waals surface area (Å²) in [6.45, 7) is 8.49. The van der Waals surface area contributed by atoms with Gasteiger partial charge in [-0.05, 0) is 73.4 Å². The summed E-state index contributed by atoms with van der Waals surface area (Å²) in [5, 5.41) is 3.05. The number of hydrogen-bond acceptors (Lipinski definition) is 6. The van der Waals surface area contributed by atoms with Crippen LogP contribution in [-0.2, 0) is 9.47 Å². The van der Waals surface area contributed by atoms with E-state index in [9.17, 15) is 9.59 Å². The number of pyridine rings is 1. The number of carbonyl (C=O) groups is 2. The van der Waals surface area contributed by atoms with E-state index >= 15 is 0 Å². The van der Waals surface area contributed by atoms with Crippen LogP contribution in [0.15, 0.2) is 54.9 Å². The molecule has 2 heterocycles.